The highest BCUT2D eigenvalue weighted by atomic mass is 19.1. The van der Waals surface area contributed by atoms with Crippen molar-refractivity contribution >= 4 is 17.6 Å². The Hall–Kier alpha value is -2.69. The van der Waals surface area contributed by atoms with Crippen LogP contribution in [-0.4, -0.2) is 18.5 Å². The lowest BCUT2D eigenvalue weighted by Crippen LogP contribution is -2.14. The fourth-order valence-electron chi connectivity index (χ4n) is 2.32. The van der Waals surface area contributed by atoms with E-state index in [1.807, 2.05) is 0 Å². The van der Waals surface area contributed by atoms with Gasteiger partial charge in [-0.15, -0.1) is 0 Å². The number of rotatable bonds is 8. The molecule has 0 saturated carbocycles. The molecule has 0 bridgehead atoms. The molecule has 132 valence electrons. The van der Waals surface area contributed by atoms with Gasteiger partial charge in [-0.2, -0.15) is 0 Å². The summed E-state index contributed by atoms with van der Waals surface area (Å²) < 4.78 is 18.8. The summed E-state index contributed by atoms with van der Waals surface area (Å²) in [6.45, 7) is 2.48. The van der Waals surface area contributed by atoms with Crippen molar-refractivity contribution in [2.45, 2.75) is 32.6 Å². The van der Waals surface area contributed by atoms with Crippen LogP contribution in [-0.2, 0) is 4.74 Å². The van der Waals surface area contributed by atoms with Crippen molar-refractivity contribution in [2.75, 3.05) is 11.9 Å². The van der Waals surface area contributed by atoms with E-state index in [9.17, 15) is 14.0 Å². The van der Waals surface area contributed by atoms with Crippen molar-refractivity contribution in [1.29, 1.82) is 0 Å². The van der Waals surface area contributed by atoms with Crippen molar-refractivity contribution in [3.05, 3.63) is 65.5 Å². The number of halogens is 1. The molecule has 25 heavy (non-hydrogen) atoms. The molecule has 5 heteroatoms. The van der Waals surface area contributed by atoms with Gasteiger partial charge in [-0.1, -0.05) is 44.4 Å². The predicted octanol–water partition coefficient (Wildman–Crippen LogP) is 4.82. The van der Waals surface area contributed by atoms with E-state index in [-0.39, 0.29) is 11.3 Å². The Morgan fingerprint density at radius 2 is 1.76 bits per heavy atom. The number of para-hydroxylation sites is 1. The molecule has 2 aromatic carbocycles. The SMILES string of the molecule is CCCCCCOC(=O)c1cccc(C(=O)Nc2ccccc2F)c1. The number of benzene rings is 2. The molecular weight excluding hydrogens is 321 g/mol. The molecule has 0 aliphatic heterocycles. The molecule has 0 unspecified atom stereocenters. The average molecular weight is 343 g/mol. The van der Waals surface area contributed by atoms with E-state index in [0.717, 1.165) is 25.7 Å². The summed E-state index contributed by atoms with van der Waals surface area (Å²) >= 11 is 0. The van der Waals surface area contributed by atoms with Crippen molar-refractivity contribution in [1.82, 2.24) is 0 Å². The van der Waals surface area contributed by atoms with E-state index in [2.05, 4.69) is 12.2 Å². The molecule has 0 saturated heterocycles. The van der Waals surface area contributed by atoms with Crippen molar-refractivity contribution in [3.63, 3.8) is 0 Å². The highest BCUT2D eigenvalue weighted by Gasteiger charge is 2.13. The summed E-state index contributed by atoms with van der Waals surface area (Å²) in [7, 11) is 0. The number of anilines is 1. The highest BCUT2D eigenvalue weighted by Crippen LogP contribution is 2.15. The van der Waals surface area contributed by atoms with Gasteiger partial charge in [-0.3, -0.25) is 4.79 Å². The molecule has 4 nitrogen and oxygen atoms in total. The minimum absolute atomic E-state index is 0.0939. The van der Waals surface area contributed by atoms with Gasteiger partial charge in [0.2, 0.25) is 0 Å². The van der Waals surface area contributed by atoms with Gasteiger partial charge >= 0.3 is 5.97 Å². The summed E-state index contributed by atoms with van der Waals surface area (Å²) in [5, 5.41) is 2.49. The number of unbranched alkanes of at least 4 members (excludes halogenated alkanes) is 3. The molecule has 2 rings (SSSR count). The van der Waals surface area contributed by atoms with Gasteiger partial charge in [0, 0.05) is 5.56 Å². The van der Waals surface area contributed by atoms with Crippen molar-refractivity contribution in [3.8, 4) is 0 Å². The largest absolute Gasteiger partial charge is 0.462 e. The van der Waals surface area contributed by atoms with Crippen LogP contribution < -0.4 is 5.32 Å². The number of carbonyl (C=O) groups is 2. The molecule has 0 aromatic heterocycles. The minimum atomic E-state index is -0.515. The smallest absolute Gasteiger partial charge is 0.338 e. The Morgan fingerprint density at radius 1 is 1.00 bits per heavy atom. The standard InChI is InChI=1S/C20H22FNO3/c1-2-3-4-7-13-25-20(24)16-10-8-9-15(14-16)19(23)22-18-12-6-5-11-17(18)21/h5-6,8-12,14H,2-4,7,13H2,1H3,(H,22,23). The Balaban J connectivity index is 1.97. The van der Waals surface area contributed by atoms with Crippen LogP contribution >= 0.6 is 0 Å². The molecular formula is C20H22FNO3. The van der Waals surface area contributed by atoms with E-state index in [4.69, 9.17) is 4.74 Å². The zero-order valence-electron chi connectivity index (χ0n) is 14.3. The van der Waals surface area contributed by atoms with Crippen LogP contribution in [0.25, 0.3) is 0 Å². The summed E-state index contributed by atoms with van der Waals surface area (Å²) in [6.07, 6.45) is 4.08. The number of hydrogen-bond donors (Lipinski definition) is 1. The molecule has 0 radical (unpaired) electrons. The van der Waals surface area contributed by atoms with Crippen LogP contribution in [0.4, 0.5) is 10.1 Å². The molecule has 0 aliphatic rings. The first-order chi connectivity index (χ1) is 12.1. The van der Waals surface area contributed by atoms with Gasteiger partial charge in [0.05, 0.1) is 17.9 Å². The lowest BCUT2D eigenvalue weighted by Gasteiger charge is -2.08. The molecule has 0 atom stereocenters. The molecule has 0 spiro atoms. The first-order valence-electron chi connectivity index (χ1n) is 8.45. The van der Waals surface area contributed by atoms with E-state index < -0.39 is 17.7 Å². The van der Waals surface area contributed by atoms with E-state index in [0.29, 0.717) is 12.2 Å². The van der Waals surface area contributed by atoms with Crippen molar-refractivity contribution < 1.29 is 18.7 Å². The van der Waals surface area contributed by atoms with Crippen LogP contribution in [0, 0.1) is 5.82 Å². The summed E-state index contributed by atoms with van der Waals surface area (Å²) in [5.41, 5.74) is 0.664. The average Bonchev–Trinajstić information content (AvgIpc) is 2.63. The van der Waals surface area contributed by atoms with E-state index in [1.165, 1.54) is 18.2 Å². The monoisotopic (exact) mass is 343 g/mol. The van der Waals surface area contributed by atoms with Gasteiger partial charge in [-0.05, 0) is 36.8 Å². The molecule has 0 fully saturated rings. The third-order valence-corrected chi connectivity index (χ3v) is 3.71. The molecule has 1 N–H and O–H groups in total. The van der Waals surface area contributed by atoms with Gasteiger partial charge in [0.25, 0.3) is 5.91 Å². The minimum Gasteiger partial charge on any atom is -0.462 e. The van der Waals surface area contributed by atoms with Gasteiger partial charge in [0.1, 0.15) is 5.82 Å². The maximum absolute atomic E-state index is 13.6. The quantitative estimate of drug-likeness (QED) is 0.552. The predicted molar refractivity (Wildman–Crippen MR) is 95.2 cm³/mol. The zero-order chi connectivity index (χ0) is 18.1. The zero-order valence-corrected chi connectivity index (χ0v) is 14.3. The Morgan fingerprint density at radius 3 is 2.52 bits per heavy atom. The third-order valence-electron chi connectivity index (χ3n) is 3.71. The first-order valence-corrected chi connectivity index (χ1v) is 8.45. The number of nitrogens with one attached hydrogen (secondary N) is 1. The molecule has 0 aliphatic carbocycles. The summed E-state index contributed by atoms with van der Waals surface area (Å²) in [4.78, 5) is 24.3. The van der Waals surface area contributed by atoms with E-state index in [1.54, 1.807) is 30.3 Å². The van der Waals surface area contributed by atoms with Crippen LogP contribution in [0.2, 0.25) is 0 Å². The highest BCUT2D eigenvalue weighted by molar-refractivity contribution is 6.05. The summed E-state index contributed by atoms with van der Waals surface area (Å²) in [6, 6.07) is 12.1. The second kappa shape index (κ2) is 9.57. The van der Waals surface area contributed by atoms with Crippen LogP contribution in [0.3, 0.4) is 0 Å². The molecule has 1 amide bonds. The second-order valence-electron chi connectivity index (χ2n) is 5.71. The summed E-state index contributed by atoms with van der Waals surface area (Å²) in [5.74, 6) is -1.46. The van der Waals surface area contributed by atoms with Crippen molar-refractivity contribution in [2.24, 2.45) is 0 Å². The number of ether oxygens (including phenoxy) is 1. The Bertz CT molecular complexity index is 730. The number of amides is 1. The number of carbonyl (C=O) groups excluding carboxylic acids is 2. The van der Waals surface area contributed by atoms with Crippen LogP contribution in [0.15, 0.2) is 48.5 Å². The van der Waals surface area contributed by atoms with Gasteiger partial charge in [-0.25, -0.2) is 9.18 Å². The van der Waals surface area contributed by atoms with Gasteiger partial charge < -0.3 is 10.1 Å². The number of esters is 1. The van der Waals surface area contributed by atoms with Gasteiger partial charge in [0.15, 0.2) is 0 Å². The Labute approximate surface area is 147 Å². The molecule has 2 aromatic rings. The van der Waals surface area contributed by atoms with E-state index >= 15 is 0 Å². The maximum Gasteiger partial charge on any atom is 0.338 e. The normalized spacial score (nSPS) is 10.3. The number of hydrogen-bond acceptors (Lipinski definition) is 3. The third kappa shape index (κ3) is 5.71. The first kappa shape index (κ1) is 18.6. The second-order valence-corrected chi connectivity index (χ2v) is 5.71. The fourth-order valence-corrected chi connectivity index (χ4v) is 2.32. The lowest BCUT2D eigenvalue weighted by molar-refractivity contribution is 0.0498. The maximum atomic E-state index is 13.6. The topological polar surface area (TPSA) is 55.4 Å². The Kier molecular flexibility index (Phi) is 7.14. The van der Waals surface area contributed by atoms with Crippen LogP contribution in [0.1, 0.15) is 53.3 Å². The fraction of sp³-hybridized carbons (Fsp3) is 0.300. The lowest BCUT2D eigenvalue weighted by atomic mass is 10.1. The van der Waals surface area contributed by atoms with Crippen LogP contribution in [0.5, 0.6) is 0 Å². The molecule has 0 heterocycles.